The molecule has 136 valence electrons. The number of anilines is 1. The first-order valence-corrected chi connectivity index (χ1v) is 8.55. The van der Waals surface area contributed by atoms with Crippen LogP contribution in [0.25, 0.3) is 16.9 Å². The second-order valence-electron chi connectivity index (χ2n) is 7.22. The summed E-state index contributed by atoms with van der Waals surface area (Å²) in [5.74, 6) is 0.637. The fourth-order valence-corrected chi connectivity index (χ4v) is 2.73. The number of nitrogens with zero attached hydrogens (tertiary/aromatic N) is 5. The van der Waals surface area contributed by atoms with Crippen LogP contribution in [0.3, 0.4) is 0 Å². The van der Waals surface area contributed by atoms with Crippen molar-refractivity contribution in [3.05, 3.63) is 60.2 Å². The largest absolute Gasteiger partial charge is 0.306 e. The van der Waals surface area contributed by atoms with Crippen molar-refractivity contribution in [1.29, 1.82) is 0 Å². The summed E-state index contributed by atoms with van der Waals surface area (Å²) < 4.78 is 1.55. The van der Waals surface area contributed by atoms with Crippen molar-refractivity contribution >= 4 is 22.6 Å². The molecule has 8 nitrogen and oxygen atoms in total. The van der Waals surface area contributed by atoms with Crippen LogP contribution in [0.2, 0.25) is 0 Å². The molecule has 0 aliphatic carbocycles. The molecular weight excluding hydrogens is 342 g/mol. The summed E-state index contributed by atoms with van der Waals surface area (Å²) in [6.07, 6.45) is 4.96. The molecule has 0 unspecified atom stereocenters. The van der Waals surface area contributed by atoms with E-state index in [1.54, 1.807) is 35.4 Å². The number of hydrogen-bond donors (Lipinski definition) is 2. The third-order valence-corrected chi connectivity index (χ3v) is 4.18. The van der Waals surface area contributed by atoms with Crippen LogP contribution >= 0.6 is 0 Å². The van der Waals surface area contributed by atoms with Crippen molar-refractivity contribution in [1.82, 2.24) is 29.9 Å². The number of H-pyrrole nitrogens is 1. The summed E-state index contributed by atoms with van der Waals surface area (Å²) in [5.41, 5.74) is 1.82. The van der Waals surface area contributed by atoms with E-state index < -0.39 is 0 Å². The highest BCUT2D eigenvalue weighted by Crippen LogP contribution is 2.26. The number of fused-ring (bicyclic) bond motifs is 1. The lowest BCUT2D eigenvalue weighted by Gasteiger charge is -2.13. The fourth-order valence-electron chi connectivity index (χ4n) is 2.73. The summed E-state index contributed by atoms with van der Waals surface area (Å²) in [6.45, 7) is 6.17. The zero-order chi connectivity index (χ0) is 19.0. The van der Waals surface area contributed by atoms with Crippen molar-refractivity contribution < 1.29 is 4.79 Å². The molecule has 1 amide bonds. The molecule has 3 heterocycles. The first-order chi connectivity index (χ1) is 12.9. The molecular formula is C19H19N7O. The lowest BCUT2D eigenvalue weighted by atomic mass is 9.92. The Morgan fingerprint density at radius 1 is 1.15 bits per heavy atom. The number of carbonyl (C=O) groups is 1. The smallest absolute Gasteiger partial charge is 0.259 e. The van der Waals surface area contributed by atoms with E-state index in [0.717, 1.165) is 11.1 Å². The van der Waals surface area contributed by atoms with Gasteiger partial charge in [-0.2, -0.15) is 14.9 Å². The van der Waals surface area contributed by atoms with Gasteiger partial charge in [-0.1, -0.05) is 32.9 Å². The number of carbonyl (C=O) groups excluding carboxylic acids is 1. The molecule has 0 radical (unpaired) electrons. The lowest BCUT2D eigenvalue weighted by Crippen LogP contribution is -2.16. The molecule has 4 aromatic rings. The van der Waals surface area contributed by atoms with Crippen LogP contribution in [0.1, 0.15) is 36.8 Å². The maximum atomic E-state index is 12.9. The second-order valence-corrected chi connectivity index (χ2v) is 7.22. The van der Waals surface area contributed by atoms with Gasteiger partial charge in [0.2, 0.25) is 0 Å². The first-order valence-electron chi connectivity index (χ1n) is 8.55. The Balaban J connectivity index is 1.76. The number of amides is 1. The molecule has 0 bridgehead atoms. The van der Waals surface area contributed by atoms with Gasteiger partial charge >= 0.3 is 0 Å². The molecule has 0 aliphatic heterocycles. The van der Waals surface area contributed by atoms with E-state index >= 15 is 0 Å². The average molecular weight is 361 g/mol. The van der Waals surface area contributed by atoms with Gasteiger partial charge in [0.05, 0.1) is 23.0 Å². The maximum Gasteiger partial charge on any atom is 0.259 e. The number of rotatable bonds is 3. The highest BCUT2D eigenvalue weighted by Gasteiger charge is 2.23. The van der Waals surface area contributed by atoms with E-state index in [4.69, 9.17) is 0 Å². The molecule has 0 aliphatic rings. The van der Waals surface area contributed by atoms with Gasteiger partial charge < -0.3 is 5.32 Å². The average Bonchev–Trinajstić information content (AvgIpc) is 3.28. The van der Waals surface area contributed by atoms with Crippen LogP contribution in [0.15, 0.2) is 48.9 Å². The van der Waals surface area contributed by atoms with E-state index in [9.17, 15) is 4.79 Å². The number of hydrogen-bond acceptors (Lipinski definition) is 5. The predicted octanol–water partition coefficient (Wildman–Crippen LogP) is 3.09. The molecule has 4 rings (SSSR count). The van der Waals surface area contributed by atoms with Gasteiger partial charge in [0.25, 0.3) is 11.9 Å². The monoisotopic (exact) mass is 361 g/mol. The summed E-state index contributed by atoms with van der Waals surface area (Å²) in [4.78, 5) is 21.4. The van der Waals surface area contributed by atoms with Gasteiger partial charge in [-0.05, 0) is 12.1 Å². The molecule has 0 saturated heterocycles. The number of aromatic nitrogens is 6. The van der Waals surface area contributed by atoms with E-state index in [0.29, 0.717) is 22.8 Å². The Morgan fingerprint density at radius 3 is 2.67 bits per heavy atom. The van der Waals surface area contributed by atoms with E-state index in [1.165, 1.54) is 0 Å². The summed E-state index contributed by atoms with van der Waals surface area (Å²) in [5, 5.41) is 15.3. The van der Waals surface area contributed by atoms with Crippen LogP contribution in [0.4, 0.5) is 5.82 Å². The molecule has 27 heavy (non-hydrogen) atoms. The molecule has 1 aromatic carbocycles. The van der Waals surface area contributed by atoms with Gasteiger partial charge in [-0.3, -0.25) is 9.89 Å². The first kappa shape index (κ1) is 16.9. The Hall–Kier alpha value is -3.55. The molecule has 0 saturated carbocycles. The number of aromatic amines is 1. The van der Waals surface area contributed by atoms with E-state index in [1.807, 2.05) is 18.2 Å². The summed E-state index contributed by atoms with van der Waals surface area (Å²) in [6, 6.07) is 9.05. The third-order valence-electron chi connectivity index (χ3n) is 4.18. The van der Waals surface area contributed by atoms with Crippen molar-refractivity contribution in [3.63, 3.8) is 0 Å². The Kier molecular flexibility index (Phi) is 3.95. The van der Waals surface area contributed by atoms with Crippen molar-refractivity contribution in [3.8, 4) is 5.95 Å². The van der Waals surface area contributed by atoms with Crippen LogP contribution < -0.4 is 5.32 Å². The van der Waals surface area contributed by atoms with Gasteiger partial charge in [-0.25, -0.2) is 9.97 Å². The second kappa shape index (κ2) is 6.31. The van der Waals surface area contributed by atoms with Crippen molar-refractivity contribution in [2.75, 3.05) is 5.32 Å². The normalized spacial score (nSPS) is 11.7. The zero-order valence-corrected chi connectivity index (χ0v) is 15.3. The third kappa shape index (κ3) is 3.17. The minimum Gasteiger partial charge on any atom is -0.306 e. The Bertz CT molecular complexity index is 1110. The topological polar surface area (TPSA) is 101 Å². The molecule has 8 heteroatoms. The van der Waals surface area contributed by atoms with E-state index in [-0.39, 0.29) is 11.3 Å². The van der Waals surface area contributed by atoms with Crippen molar-refractivity contribution in [2.24, 2.45) is 0 Å². The Labute approximate surface area is 155 Å². The van der Waals surface area contributed by atoms with Crippen LogP contribution in [-0.2, 0) is 5.41 Å². The van der Waals surface area contributed by atoms with Crippen LogP contribution in [0.5, 0.6) is 0 Å². The summed E-state index contributed by atoms with van der Waals surface area (Å²) >= 11 is 0. The molecule has 2 N–H and O–H groups in total. The number of para-hydroxylation sites is 1. The number of nitrogens with one attached hydrogen (secondary N) is 2. The number of benzene rings is 1. The predicted molar refractivity (Wildman–Crippen MR) is 102 cm³/mol. The fraction of sp³-hybridized carbons (Fsp3) is 0.211. The van der Waals surface area contributed by atoms with Gasteiger partial charge in [0.1, 0.15) is 5.82 Å². The highest BCUT2D eigenvalue weighted by molar-refractivity contribution is 6.11. The van der Waals surface area contributed by atoms with E-state index in [2.05, 4.69) is 51.4 Å². The highest BCUT2D eigenvalue weighted by atomic mass is 16.1. The Morgan fingerprint density at radius 2 is 1.93 bits per heavy atom. The molecule has 0 atom stereocenters. The minimum atomic E-state index is -0.262. The molecule has 3 aromatic heterocycles. The standard InChI is InChI=1S/C19H19N7O/c1-19(2,3)14-10-15(26(25-14)18-20-8-5-9-21-18)23-17(27)13-7-4-6-12-11-22-24-16(12)13/h4-11H,1-3H3,(H,22,24)(H,23,27). The van der Waals surface area contributed by atoms with Crippen LogP contribution in [0, 0.1) is 0 Å². The quantitative estimate of drug-likeness (QED) is 0.584. The van der Waals surface area contributed by atoms with Gasteiger partial charge in [-0.15, -0.1) is 0 Å². The van der Waals surface area contributed by atoms with Crippen LogP contribution in [-0.4, -0.2) is 35.9 Å². The maximum absolute atomic E-state index is 12.9. The molecule has 0 fully saturated rings. The lowest BCUT2D eigenvalue weighted by molar-refractivity contribution is 0.102. The minimum absolute atomic E-state index is 0.192. The van der Waals surface area contributed by atoms with Crippen molar-refractivity contribution in [2.45, 2.75) is 26.2 Å². The SMILES string of the molecule is CC(C)(C)c1cc(NC(=O)c2cccc3cn[nH]c23)n(-c2ncccn2)n1. The summed E-state index contributed by atoms with van der Waals surface area (Å²) in [7, 11) is 0. The zero-order valence-electron chi connectivity index (χ0n) is 15.3. The van der Waals surface area contributed by atoms with Gasteiger partial charge in [0.15, 0.2) is 0 Å². The van der Waals surface area contributed by atoms with Gasteiger partial charge in [0, 0.05) is 29.3 Å². The molecule has 0 spiro atoms.